The van der Waals surface area contributed by atoms with Crippen molar-refractivity contribution in [3.05, 3.63) is 24.3 Å². The first kappa shape index (κ1) is 11.7. The number of hydrogen-bond donors (Lipinski definition) is 2. The van der Waals surface area contributed by atoms with Crippen LogP contribution >= 0.6 is 23.5 Å². The van der Waals surface area contributed by atoms with Gasteiger partial charge in [0.1, 0.15) is 12.4 Å². The zero-order valence-electron chi connectivity index (χ0n) is 9.10. The van der Waals surface area contributed by atoms with Crippen LogP contribution in [0.5, 0.6) is 5.75 Å². The summed E-state index contributed by atoms with van der Waals surface area (Å²) in [5.74, 6) is 1.83. The van der Waals surface area contributed by atoms with Crippen molar-refractivity contribution in [2.24, 2.45) is 5.73 Å². The van der Waals surface area contributed by atoms with Crippen LogP contribution in [-0.4, -0.2) is 22.3 Å². The number of thioether (sulfide) groups is 2. The lowest BCUT2D eigenvalue weighted by Crippen LogP contribution is -2.45. The summed E-state index contributed by atoms with van der Waals surface area (Å²) in [6.07, 6.45) is 0. The van der Waals surface area contributed by atoms with E-state index in [1.165, 1.54) is 16.7 Å². The maximum atomic E-state index is 5.75. The third-order valence-corrected chi connectivity index (χ3v) is 4.89. The Morgan fingerprint density at radius 3 is 3.12 bits per heavy atom. The van der Waals surface area contributed by atoms with E-state index in [1.807, 2.05) is 30.0 Å². The molecule has 0 fully saturated rings. The Morgan fingerprint density at radius 1 is 1.62 bits per heavy atom. The Hall–Kier alpha value is -0.810. The minimum atomic E-state index is 0.0308. The lowest BCUT2D eigenvalue weighted by molar-refractivity contribution is -0.110. The largest absolute Gasteiger partial charge is 0.491 e. The van der Waals surface area contributed by atoms with Gasteiger partial charge in [0, 0.05) is 5.75 Å². The molecule has 0 saturated heterocycles. The molecule has 0 aliphatic carbocycles. The lowest BCUT2D eigenvalue weighted by atomic mass is 10.2. The van der Waals surface area contributed by atoms with Gasteiger partial charge in [-0.05, 0) is 30.8 Å². The van der Waals surface area contributed by atoms with E-state index in [4.69, 9.17) is 15.9 Å². The molecule has 1 aliphatic rings. The van der Waals surface area contributed by atoms with Crippen LogP contribution in [0.1, 0.15) is 6.92 Å². The summed E-state index contributed by atoms with van der Waals surface area (Å²) < 4.78 is 5.78. The van der Waals surface area contributed by atoms with E-state index in [1.54, 1.807) is 0 Å². The molecule has 1 heterocycles. The highest BCUT2D eigenvalue weighted by atomic mass is 32.2. The molecule has 1 aromatic rings. The molecular formula is C11H15N2OS2+. The minimum Gasteiger partial charge on any atom is -0.491 e. The Labute approximate surface area is 104 Å². The molecule has 16 heavy (non-hydrogen) atoms. The molecule has 1 aliphatic heterocycles. The first-order valence-corrected chi connectivity index (χ1v) is 6.81. The van der Waals surface area contributed by atoms with Crippen LogP contribution in [0.15, 0.2) is 29.2 Å². The summed E-state index contributed by atoms with van der Waals surface area (Å²) in [5.41, 5.74) is 5.47. The van der Waals surface area contributed by atoms with E-state index < -0.39 is 0 Å². The second-order valence-corrected chi connectivity index (χ2v) is 6.66. The molecule has 0 spiro atoms. The van der Waals surface area contributed by atoms with Crippen molar-refractivity contribution >= 4 is 28.7 Å². The fraction of sp³-hybridized carbons (Fsp3) is 0.364. The second-order valence-electron chi connectivity index (χ2n) is 3.98. The van der Waals surface area contributed by atoms with E-state index in [2.05, 4.69) is 13.0 Å². The van der Waals surface area contributed by atoms with Gasteiger partial charge in [0.05, 0.1) is 9.64 Å². The van der Waals surface area contributed by atoms with Crippen LogP contribution < -0.4 is 15.9 Å². The normalized spacial score (nSPS) is 23.3. The molecule has 0 saturated carbocycles. The number of rotatable bonds is 2. The second kappa shape index (κ2) is 4.59. The van der Waals surface area contributed by atoms with Gasteiger partial charge in [-0.15, -0.1) is 11.8 Å². The predicted molar refractivity (Wildman–Crippen MR) is 69.8 cm³/mol. The van der Waals surface area contributed by atoms with Gasteiger partial charge in [0.2, 0.25) is 0 Å². The summed E-state index contributed by atoms with van der Waals surface area (Å²) in [6, 6.07) is 8.09. The van der Waals surface area contributed by atoms with Crippen LogP contribution in [0, 0.1) is 0 Å². The quantitative estimate of drug-likeness (QED) is 0.604. The van der Waals surface area contributed by atoms with Crippen LogP contribution in [0.3, 0.4) is 0 Å². The van der Waals surface area contributed by atoms with Gasteiger partial charge in [0.15, 0.2) is 0 Å². The number of benzene rings is 1. The number of hydrogen-bond acceptors (Lipinski definition) is 3. The van der Waals surface area contributed by atoms with Gasteiger partial charge in [-0.2, -0.15) is 0 Å². The van der Waals surface area contributed by atoms with Crippen molar-refractivity contribution in [2.75, 3.05) is 12.4 Å². The summed E-state index contributed by atoms with van der Waals surface area (Å²) in [6.45, 7) is 2.86. The smallest absolute Gasteiger partial charge is 0.299 e. The molecule has 0 radical (unpaired) electrons. The molecule has 3 nitrogen and oxygen atoms in total. The molecule has 5 heteroatoms. The maximum Gasteiger partial charge on any atom is 0.299 e. The van der Waals surface area contributed by atoms with Crippen molar-refractivity contribution in [1.29, 1.82) is 0 Å². The van der Waals surface area contributed by atoms with Gasteiger partial charge in [0.25, 0.3) is 5.17 Å². The van der Waals surface area contributed by atoms with Crippen molar-refractivity contribution in [3.63, 3.8) is 0 Å². The zero-order valence-corrected chi connectivity index (χ0v) is 10.7. The average Bonchev–Trinajstić information content (AvgIpc) is 2.26. The zero-order chi connectivity index (χ0) is 11.6. The van der Waals surface area contributed by atoms with E-state index in [0.29, 0.717) is 11.8 Å². The molecule has 1 aromatic carbocycles. The molecule has 0 aromatic heterocycles. The Bertz CT molecular complexity index is 411. The molecule has 1 unspecified atom stereocenters. The summed E-state index contributed by atoms with van der Waals surface area (Å²) in [5, 5.41) is 5.89. The topological polar surface area (TPSA) is 60.8 Å². The van der Waals surface area contributed by atoms with Gasteiger partial charge < -0.3 is 4.74 Å². The first-order valence-electron chi connectivity index (χ1n) is 5.01. The number of para-hydroxylation sites is 1. The van der Waals surface area contributed by atoms with Gasteiger partial charge in [-0.25, -0.2) is 0 Å². The van der Waals surface area contributed by atoms with Crippen molar-refractivity contribution < 1.29 is 10.1 Å². The lowest BCUT2D eigenvalue weighted by Gasteiger charge is -2.33. The Morgan fingerprint density at radius 2 is 2.38 bits per heavy atom. The highest BCUT2D eigenvalue weighted by Crippen LogP contribution is 2.44. The number of fused-ring (bicyclic) bond motifs is 1. The first-order chi connectivity index (χ1) is 7.59. The highest BCUT2D eigenvalue weighted by molar-refractivity contribution is 8.14. The molecule has 2 rings (SSSR count). The van der Waals surface area contributed by atoms with Crippen LogP contribution in [-0.2, 0) is 0 Å². The summed E-state index contributed by atoms with van der Waals surface area (Å²) >= 11 is 3.31. The third kappa shape index (κ3) is 2.65. The molecule has 0 amide bonds. The summed E-state index contributed by atoms with van der Waals surface area (Å²) in [4.78, 5) is 1.19. The average molecular weight is 255 g/mol. The SMILES string of the molecule is CC1(CSC(N)=[NH2+])COc2ccccc2S1. The fourth-order valence-corrected chi connectivity index (χ4v) is 3.48. The van der Waals surface area contributed by atoms with Crippen molar-refractivity contribution in [1.82, 2.24) is 0 Å². The van der Waals surface area contributed by atoms with E-state index in [-0.39, 0.29) is 4.75 Å². The van der Waals surface area contributed by atoms with E-state index in [9.17, 15) is 0 Å². The molecular weight excluding hydrogens is 240 g/mol. The maximum absolute atomic E-state index is 5.75. The number of ether oxygens (including phenoxy) is 1. The standard InChI is InChI=1S/C11H14N2OS2/c1-11(7-15-10(12)13)6-14-8-4-2-3-5-9(8)16-11/h2-5H,6-7H2,1H3,(H3,12,13)/p+1. The van der Waals surface area contributed by atoms with Crippen LogP contribution in [0.4, 0.5) is 0 Å². The highest BCUT2D eigenvalue weighted by Gasteiger charge is 2.32. The predicted octanol–water partition coefficient (Wildman–Crippen LogP) is 0.737. The third-order valence-electron chi connectivity index (χ3n) is 2.28. The van der Waals surface area contributed by atoms with Gasteiger partial charge in [-0.3, -0.25) is 11.1 Å². The monoisotopic (exact) mass is 255 g/mol. The minimum absolute atomic E-state index is 0.0308. The Balaban J connectivity index is 2.08. The molecule has 4 N–H and O–H groups in total. The van der Waals surface area contributed by atoms with Crippen LogP contribution in [0.2, 0.25) is 0 Å². The number of amidine groups is 1. The molecule has 1 atom stereocenters. The van der Waals surface area contributed by atoms with Crippen molar-refractivity contribution in [2.45, 2.75) is 16.6 Å². The van der Waals surface area contributed by atoms with Crippen LogP contribution in [0.25, 0.3) is 0 Å². The molecule has 86 valence electrons. The summed E-state index contributed by atoms with van der Waals surface area (Å²) in [7, 11) is 0. The van der Waals surface area contributed by atoms with Gasteiger partial charge >= 0.3 is 0 Å². The van der Waals surface area contributed by atoms with E-state index in [0.717, 1.165) is 11.5 Å². The number of nitrogens with two attached hydrogens (primary N) is 2. The van der Waals surface area contributed by atoms with Gasteiger partial charge in [-0.1, -0.05) is 12.1 Å². The molecule has 0 bridgehead atoms. The van der Waals surface area contributed by atoms with E-state index >= 15 is 0 Å². The van der Waals surface area contributed by atoms with Crippen molar-refractivity contribution in [3.8, 4) is 5.75 Å². The fourth-order valence-electron chi connectivity index (χ4n) is 1.49. The Kier molecular flexibility index (Phi) is 3.35.